The summed E-state index contributed by atoms with van der Waals surface area (Å²) in [6, 6.07) is 5.88. The number of fused-ring (bicyclic) bond motifs is 1. The number of anilines is 3. The van der Waals surface area contributed by atoms with Crippen molar-refractivity contribution in [3.05, 3.63) is 30.0 Å². The Morgan fingerprint density at radius 2 is 2.16 bits per heavy atom. The maximum absolute atomic E-state index is 12.2. The van der Waals surface area contributed by atoms with Crippen molar-refractivity contribution in [2.45, 2.75) is 19.9 Å². The number of benzene rings is 1. The van der Waals surface area contributed by atoms with Crippen LogP contribution < -0.4 is 15.5 Å². The van der Waals surface area contributed by atoms with Crippen molar-refractivity contribution in [3.63, 3.8) is 0 Å². The highest BCUT2D eigenvalue weighted by Gasteiger charge is 2.16. The zero-order valence-corrected chi connectivity index (χ0v) is 14.2. The second-order valence-corrected chi connectivity index (χ2v) is 5.71. The molecular formula is C16H20N6O3. The van der Waals surface area contributed by atoms with Gasteiger partial charge in [0.25, 0.3) is 0 Å². The van der Waals surface area contributed by atoms with Crippen LogP contribution in [0.15, 0.2) is 24.4 Å². The van der Waals surface area contributed by atoms with Crippen LogP contribution >= 0.6 is 0 Å². The number of likely N-dealkylation sites (N-methyl/N-ethyl adjacent to an activating group) is 1. The van der Waals surface area contributed by atoms with E-state index in [-0.39, 0.29) is 24.9 Å². The minimum absolute atomic E-state index is 0.00546. The maximum Gasteiger partial charge on any atom is 0.412 e. The van der Waals surface area contributed by atoms with E-state index >= 15 is 0 Å². The molecule has 25 heavy (non-hydrogen) atoms. The van der Waals surface area contributed by atoms with Gasteiger partial charge < -0.3 is 15.0 Å². The van der Waals surface area contributed by atoms with Gasteiger partial charge in [-0.05, 0) is 37.1 Å². The van der Waals surface area contributed by atoms with Crippen molar-refractivity contribution in [2.24, 2.45) is 0 Å². The minimum Gasteiger partial charge on any atom is -0.450 e. The summed E-state index contributed by atoms with van der Waals surface area (Å²) in [4.78, 5) is 25.7. The number of rotatable bonds is 5. The molecule has 1 aromatic heterocycles. The molecule has 2 amide bonds. The largest absolute Gasteiger partial charge is 0.450 e. The van der Waals surface area contributed by atoms with E-state index in [0.717, 1.165) is 18.7 Å². The molecule has 0 radical (unpaired) electrons. The normalized spacial score (nSPS) is 12.6. The Kier molecular flexibility index (Phi) is 4.82. The molecule has 1 aliphatic heterocycles. The first-order valence-electron chi connectivity index (χ1n) is 8.03. The average Bonchev–Trinajstić information content (AvgIpc) is 3.14. The van der Waals surface area contributed by atoms with E-state index in [1.807, 2.05) is 18.2 Å². The fourth-order valence-corrected chi connectivity index (χ4v) is 2.70. The summed E-state index contributed by atoms with van der Waals surface area (Å²) in [5, 5.41) is 12.9. The summed E-state index contributed by atoms with van der Waals surface area (Å²) in [7, 11) is 2.05. The quantitative estimate of drug-likeness (QED) is 0.852. The van der Waals surface area contributed by atoms with E-state index in [1.54, 1.807) is 6.92 Å². The van der Waals surface area contributed by atoms with Gasteiger partial charge in [0.15, 0.2) is 5.82 Å². The van der Waals surface area contributed by atoms with Gasteiger partial charge in [0.05, 0.1) is 12.8 Å². The molecule has 132 valence electrons. The Morgan fingerprint density at radius 1 is 1.32 bits per heavy atom. The number of nitrogens with one attached hydrogen (secondary N) is 2. The molecule has 1 aromatic carbocycles. The topological polar surface area (TPSA) is 101 Å². The summed E-state index contributed by atoms with van der Waals surface area (Å²) in [6.45, 7) is 2.95. The Labute approximate surface area is 144 Å². The summed E-state index contributed by atoms with van der Waals surface area (Å²) in [5.74, 6) is 0.00528. The Morgan fingerprint density at radius 3 is 2.96 bits per heavy atom. The lowest BCUT2D eigenvalue weighted by atomic mass is 10.1. The number of hydrogen-bond donors (Lipinski definition) is 2. The van der Waals surface area contributed by atoms with Gasteiger partial charge in [-0.1, -0.05) is 5.21 Å². The third kappa shape index (κ3) is 4.06. The Balaban J connectivity index is 1.56. The summed E-state index contributed by atoms with van der Waals surface area (Å²) in [5.41, 5.74) is 3.18. The fourth-order valence-electron chi connectivity index (χ4n) is 2.70. The molecule has 0 aliphatic carbocycles. The van der Waals surface area contributed by atoms with Gasteiger partial charge in [0.2, 0.25) is 5.91 Å². The van der Waals surface area contributed by atoms with E-state index in [2.05, 4.69) is 32.9 Å². The molecular weight excluding hydrogens is 324 g/mol. The van der Waals surface area contributed by atoms with E-state index in [9.17, 15) is 9.59 Å². The molecule has 0 spiro atoms. The van der Waals surface area contributed by atoms with Crippen LogP contribution in [-0.4, -0.2) is 47.2 Å². The van der Waals surface area contributed by atoms with Crippen LogP contribution in [0.5, 0.6) is 0 Å². The number of carbonyl (C=O) groups is 2. The number of aromatic nitrogens is 3. The zero-order chi connectivity index (χ0) is 17.8. The Bertz CT molecular complexity index is 788. The van der Waals surface area contributed by atoms with Gasteiger partial charge in [0, 0.05) is 25.0 Å². The predicted molar refractivity (Wildman–Crippen MR) is 92.7 cm³/mol. The molecule has 0 bridgehead atoms. The van der Waals surface area contributed by atoms with E-state index < -0.39 is 6.09 Å². The molecule has 2 aromatic rings. The van der Waals surface area contributed by atoms with Gasteiger partial charge in [0.1, 0.15) is 6.54 Å². The van der Waals surface area contributed by atoms with Crippen molar-refractivity contribution < 1.29 is 14.3 Å². The van der Waals surface area contributed by atoms with Gasteiger partial charge in [-0.15, -0.1) is 5.10 Å². The van der Waals surface area contributed by atoms with Crippen molar-refractivity contribution in [1.29, 1.82) is 0 Å². The van der Waals surface area contributed by atoms with Crippen LogP contribution in [0.25, 0.3) is 0 Å². The van der Waals surface area contributed by atoms with Crippen LogP contribution in [0.1, 0.15) is 12.5 Å². The average molecular weight is 344 g/mol. The highest BCUT2D eigenvalue weighted by Crippen LogP contribution is 2.29. The number of nitrogens with zero attached hydrogens (tertiary/aromatic N) is 4. The van der Waals surface area contributed by atoms with Gasteiger partial charge in [-0.25, -0.2) is 9.48 Å². The molecule has 0 saturated carbocycles. The van der Waals surface area contributed by atoms with Crippen LogP contribution in [0.2, 0.25) is 0 Å². The van der Waals surface area contributed by atoms with Crippen LogP contribution in [0, 0.1) is 0 Å². The molecule has 0 unspecified atom stereocenters. The molecule has 9 nitrogen and oxygen atoms in total. The molecule has 2 heterocycles. The molecule has 3 rings (SSSR count). The molecule has 9 heteroatoms. The van der Waals surface area contributed by atoms with Crippen LogP contribution in [-0.2, 0) is 22.5 Å². The first-order chi connectivity index (χ1) is 12.0. The first kappa shape index (κ1) is 16.7. The smallest absolute Gasteiger partial charge is 0.412 e. The SMILES string of the molecule is CCOC(=O)Nc1cn(CC(=O)Nc2ccc3c(c2)CCN3C)nn1. The molecule has 0 fully saturated rings. The third-order valence-corrected chi connectivity index (χ3v) is 3.84. The molecule has 2 N–H and O–H groups in total. The fraction of sp³-hybridized carbons (Fsp3) is 0.375. The lowest BCUT2D eigenvalue weighted by molar-refractivity contribution is -0.116. The molecule has 0 atom stereocenters. The second kappa shape index (κ2) is 7.20. The van der Waals surface area contributed by atoms with Crippen LogP contribution in [0.4, 0.5) is 22.0 Å². The van der Waals surface area contributed by atoms with E-state index in [1.165, 1.54) is 22.1 Å². The third-order valence-electron chi connectivity index (χ3n) is 3.84. The highest BCUT2D eigenvalue weighted by atomic mass is 16.5. The zero-order valence-electron chi connectivity index (χ0n) is 14.2. The van der Waals surface area contributed by atoms with Crippen LogP contribution in [0.3, 0.4) is 0 Å². The van der Waals surface area contributed by atoms with Crippen molar-refractivity contribution in [3.8, 4) is 0 Å². The first-order valence-corrected chi connectivity index (χ1v) is 8.03. The lowest BCUT2D eigenvalue weighted by Gasteiger charge is -2.12. The van der Waals surface area contributed by atoms with E-state index in [4.69, 9.17) is 4.74 Å². The number of carbonyl (C=O) groups excluding carboxylic acids is 2. The van der Waals surface area contributed by atoms with Gasteiger partial charge >= 0.3 is 6.09 Å². The number of ether oxygens (including phenoxy) is 1. The molecule has 0 saturated heterocycles. The number of amides is 2. The Hall–Kier alpha value is -3.10. The maximum atomic E-state index is 12.2. The monoisotopic (exact) mass is 344 g/mol. The number of hydrogen-bond acceptors (Lipinski definition) is 6. The standard InChI is InChI=1S/C16H20N6O3/c1-3-25-16(24)18-14-9-22(20-19-14)10-15(23)17-12-4-5-13-11(8-12)6-7-21(13)2/h4-5,8-9H,3,6-7,10H2,1-2H3,(H,17,23)(H,18,24). The van der Waals surface area contributed by atoms with Gasteiger partial charge in [-0.2, -0.15) is 0 Å². The second-order valence-electron chi connectivity index (χ2n) is 5.71. The lowest BCUT2D eigenvalue weighted by Crippen LogP contribution is -2.19. The van der Waals surface area contributed by atoms with Crippen molar-refractivity contribution in [2.75, 3.05) is 35.7 Å². The van der Waals surface area contributed by atoms with Crippen molar-refractivity contribution in [1.82, 2.24) is 15.0 Å². The minimum atomic E-state index is -0.609. The van der Waals surface area contributed by atoms with E-state index in [0.29, 0.717) is 0 Å². The summed E-state index contributed by atoms with van der Waals surface area (Å²) < 4.78 is 6.09. The summed E-state index contributed by atoms with van der Waals surface area (Å²) in [6.07, 6.45) is 1.83. The highest BCUT2D eigenvalue weighted by molar-refractivity contribution is 5.91. The molecule has 1 aliphatic rings. The van der Waals surface area contributed by atoms with Gasteiger partial charge in [-0.3, -0.25) is 10.1 Å². The summed E-state index contributed by atoms with van der Waals surface area (Å²) >= 11 is 0. The predicted octanol–water partition coefficient (Wildman–Crippen LogP) is 1.48. The van der Waals surface area contributed by atoms with Crippen molar-refractivity contribution >= 4 is 29.2 Å².